The Kier molecular flexibility index (Phi) is 5.53. The maximum Gasteiger partial charge on any atom is 0.405 e. The van der Waals surface area contributed by atoms with Crippen LogP contribution in [0, 0.1) is 0 Å². The molecule has 9 heteroatoms. The van der Waals surface area contributed by atoms with Crippen LogP contribution in [0.25, 0.3) is 0 Å². The van der Waals surface area contributed by atoms with E-state index in [0.29, 0.717) is 12.3 Å². The van der Waals surface area contributed by atoms with Gasteiger partial charge in [-0.2, -0.15) is 13.2 Å². The van der Waals surface area contributed by atoms with Crippen molar-refractivity contribution >= 4 is 11.9 Å². The number of alkyl halides is 3. The van der Waals surface area contributed by atoms with Gasteiger partial charge in [-0.15, -0.1) is 0 Å². The van der Waals surface area contributed by atoms with Crippen LogP contribution in [-0.4, -0.2) is 61.2 Å². The summed E-state index contributed by atoms with van der Waals surface area (Å²) in [6.45, 7) is -0.860. The number of nitrogens with one attached hydrogen (secondary N) is 1. The molecule has 132 valence electrons. The Morgan fingerprint density at radius 3 is 2.71 bits per heavy atom. The number of halogens is 3. The number of nitrogens with zero attached hydrogens (tertiary/aromatic N) is 2. The van der Waals surface area contributed by atoms with Crippen LogP contribution >= 0.6 is 0 Å². The van der Waals surface area contributed by atoms with Crippen LogP contribution in [0.2, 0.25) is 0 Å². The van der Waals surface area contributed by atoms with Crippen LogP contribution < -0.4 is 10.1 Å². The summed E-state index contributed by atoms with van der Waals surface area (Å²) in [4.78, 5) is 26.4. The van der Waals surface area contributed by atoms with Gasteiger partial charge in [-0.3, -0.25) is 4.79 Å². The molecule has 1 fully saturated rings. The minimum atomic E-state index is -4.48. The molecule has 3 amide bonds. The second-order valence-corrected chi connectivity index (χ2v) is 5.36. The van der Waals surface area contributed by atoms with E-state index < -0.39 is 18.8 Å². The molecule has 1 heterocycles. The Balaban J connectivity index is 1.88. The molecule has 0 radical (unpaired) electrons. The fourth-order valence-corrected chi connectivity index (χ4v) is 2.33. The lowest BCUT2D eigenvalue weighted by atomic mass is 10.2. The number of hydrogen-bond acceptors (Lipinski definition) is 3. The Labute approximate surface area is 137 Å². The molecular formula is C15H18F3N3O3. The maximum absolute atomic E-state index is 12.1. The number of carbonyl (C=O) groups excluding carboxylic acids is 2. The summed E-state index contributed by atoms with van der Waals surface area (Å²) in [6.07, 6.45) is -4.48. The van der Waals surface area contributed by atoms with Crippen LogP contribution in [0.4, 0.5) is 18.0 Å². The fraction of sp³-hybridized carbons (Fsp3) is 0.467. The van der Waals surface area contributed by atoms with Crippen LogP contribution in [0.3, 0.4) is 0 Å². The highest BCUT2D eigenvalue weighted by molar-refractivity contribution is 5.85. The van der Waals surface area contributed by atoms with E-state index in [1.54, 1.807) is 35.5 Å². The second-order valence-electron chi connectivity index (χ2n) is 5.36. The van der Waals surface area contributed by atoms with Crippen molar-refractivity contribution < 1.29 is 27.5 Å². The van der Waals surface area contributed by atoms with Gasteiger partial charge in [0.2, 0.25) is 5.91 Å². The third-order valence-electron chi connectivity index (χ3n) is 3.55. The standard InChI is InChI=1S/C15H18F3N3O3/c1-24-12-4-2-3-11(7-12)8-20-5-6-21(9-13(20)22)14(23)19-10-15(16,17)18/h2-4,7H,5-6,8-10H2,1H3,(H,19,23). The zero-order valence-electron chi connectivity index (χ0n) is 13.1. The second kappa shape index (κ2) is 7.41. The number of amides is 3. The number of methoxy groups -OCH3 is 1. The first-order valence-electron chi connectivity index (χ1n) is 7.29. The Morgan fingerprint density at radius 2 is 2.08 bits per heavy atom. The predicted octanol–water partition coefficient (Wildman–Crippen LogP) is 1.61. The van der Waals surface area contributed by atoms with Crippen molar-refractivity contribution in [2.45, 2.75) is 12.7 Å². The average molecular weight is 345 g/mol. The van der Waals surface area contributed by atoms with Gasteiger partial charge >= 0.3 is 12.2 Å². The molecule has 1 aromatic rings. The summed E-state index contributed by atoms with van der Waals surface area (Å²) < 4.78 is 41.4. The van der Waals surface area contributed by atoms with Gasteiger partial charge in [0.25, 0.3) is 0 Å². The van der Waals surface area contributed by atoms with Crippen LogP contribution in [-0.2, 0) is 11.3 Å². The van der Waals surface area contributed by atoms with Crippen molar-refractivity contribution in [3.63, 3.8) is 0 Å². The molecule has 0 unspecified atom stereocenters. The van der Waals surface area contributed by atoms with Crippen molar-refractivity contribution in [2.75, 3.05) is 33.3 Å². The zero-order chi connectivity index (χ0) is 17.7. The summed E-state index contributed by atoms with van der Waals surface area (Å²) in [6, 6.07) is 6.35. The Hall–Kier alpha value is -2.45. The van der Waals surface area contributed by atoms with Gasteiger partial charge in [0.05, 0.1) is 7.11 Å². The van der Waals surface area contributed by atoms with Crippen molar-refractivity contribution in [3.05, 3.63) is 29.8 Å². The van der Waals surface area contributed by atoms with Gasteiger partial charge in [-0.25, -0.2) is 4.79 Å². The van der Waals surface area contributed by atoms with E-state index in [1.165, 1.54) is 0 Å². The molecule has 0 bridgehead atoms. The van der Waals surface area contributed by atoms with Crippen molar-refractivity contribution in [1.82, 2.24) is 15.1 Å². The van der Waals surface area contributed by atoms with Crippen molar-refractivity contribution in [3.8, 4) is 5.75 Å². The van der Waals surface area contributed by atoms with Crippen LogP contribution in [0.15, 0.2) is 24.3 Å². The largest absolute Gasteiger partial charge is 0.497 e. The minimum Gasteiger partial charge on any atom is -0.497 e. The van der Waals surface area contributed by atoms with E-state index in [1.807, 2.05) is 6.07 Å². The van der Waals surface area contributed by atoms with E-state index in [-0.39, 0.29) is 25.5 Å². The summed E-state index contributed by atoms with van der Waals surface area (Å²) in [5.74, 6) is 0.358. The molecule has 0 saturated carbocycles. The van der Waals surface area contributed by atoms with Gasteiger partial charge in [-0.1, -0.05) is 12.1 Å². The first-order valence-corrected chi connectivity index (χ1v) is 7.29. The van der Waals surface area contributed by atoms with Crippen LogP contribution in [0.5, 0.6) is 5.75 Å². The number of ether oxygens (including phenoxy) is 1. The normalized spacial score (nSPS) is 15.4. The number of benzene rings is 1. The third kappa shape index (κ3) is 5.04. The van der Waals surface area contributed by atoms with Gasteiger partial charge in [0, 0.05) is 19.6 Å². The molecule has 0 aromatic heterocycles. The lowest BCUT2D eigenvalue weighted by Crippen LogP contribution is -2.55. The molecule has 2 rings (SSSR count). The number of hydrogen-bond donors (Lipinski definition) is 1. The average Bonchev–Trinajstić information content (AvgIpc) is 2.54. The molecule has 0 aliphatic carbocycles. The number of piperazine rings is 1. The van der Waals surface area contributed by atoms with E-state index in [2.05, 4.69) is 0 Å². The first kappa shape index (κ1) is 17.9. The Morgan fingerprint density at radius 1 is 1.33 bits per heavy atom. The van der Waals surface area contributed by atoms with E-state index in [9.17, 15) is 22.8 Å². The summed E-state index contributed by atoms with van der Waals surface area (Å²) in [5, 5.41) is 1.77. The third-order valence-corrected chi connectivity index (χ3v) is 3.55. The number of carbonyl (C=O) groups is 2. The fourth-order valence-electron chi connectivity index (χ4n) is 2.33. The Bertz CT molecular complexity index is 607. The molecular weight excluding hydrogens is 327 g/mol. The highest BCUT2D eigenvalue weighted by Gasteiger charge is 2.31. The maximum atomic E-state index is 12.1. The van der Waals surface area contributed by atoms with Gasteiger partial charge in [0.1, 0.15) is 18.8 Å². The quantitative estimate of drug-likeness (QED) is 0.902. The lowest BCUT2D eigenvalue weighted by molar-refractivity contribution is -0.135. The van der Waals surface area contributed by atoms with Gasteiger partial charge < -0.3 is 19.9 Å². The van der Waals surface area contributed by atoms with Gasteiger partial charge in [0.15, 0.2) is 0 Å². The molecule has 0 spiro atoms. The predicted molar refractivity (Wildman–Crippen MR) is 79.4 cm³/mol. The molecule has 6 nitrogen and oxygen atoms in total. The van der Waals surface area contributed by atoms with Crippen LogP contribution in [0.1, 0.15) is 5.56 Å². The molecule has 1 aromatic carbocycles. The lowest BCUT2D eigenvalue weighted by Gasteiger charge is -2.34. The number of rotatable bonds is 4. The number of urea groups is 1. The summed E-state index contributed by atoms with van der Waals surface area (Å²) in [7, 11) is 1.54. The van der Waals surface area contributed by atoms with Crippen molar-refractivity contribution in [1.29, 1.82) is 0 Å². The molecule has 1 aliphatic heterocycles. The first-order chi connectivity index (χ1) is 11.3. The molecule has 24 heavy (non-hydrogen) atoms. The van der Waals surface area contributed by atoms with E-state index in [0.717, 1.165) is 10.5 Å². The van der Waals surface area contributed by atoms with Crippen molar-refractivity contribution in [2.24, 2.45) is 0 Å². The van der Waals surface area contributed by atoms with Gasteiger partial charge in [-0.05, 0) is 17.7 Å². The molecule has 1 saturated heterocycles. The summed E-state index contributed by atoms with van der Waals surface area (Å²) >= 11 is 0. The zero-order valence-corrected chi connectivity index (χ0v) is 13.1. The topological polar surface area (TPSA) is 61.9 Å². The SMILES string of the molecule is COc1cccc(CN2CCN(C(=O)NCC(F)(F)F)CC2=O)c1. The molecule has 1 aliphatic rings. The van der Waals surface area contributed by atoms with E-state index in [4.69, 9.17) is 4.74 Å². The summed E-state index contributed by atoms with van der Waals surface area (Å²) in [5.41, 5.74) is 0.873. The monoisotopic (exact) mass is 345 g/mol. The highest BCUT2D eigenvalue weighted by atomic mass is 19.4. The highest BCUT2D eigenvalue weighted by Crippen LogP contribution is 2.16. The van der Waals surface area contributed by atoms with E-state index >= 15 is 0 Å². The smallest absolute Gasteiger partial charge is 0.405 e. The molecule has 0 atom stereocenters. The molecule has 1 N–H and O–H groups in total. The minimum absolute atomic E-state index is 0.180.